The van der Waals surface area contributed by atoms with Crippen molar-refractivity contribution >= 4 is 17.6 Å². The predicted octanol–water partition coefficient (Wildman–Crippen LogP) is 3.06. The third-order valence-corrected chi connectivity index (χ3v) is 5.23. The lowest BCUT2D eigenvalue weighted by atomic mass is 9.90. The summed E-state index contributed by atoms with van der Waals surface area (Å²) in [5, 5.41) is 31.3. The number of ether oxygens (including phenoxy) is 2. The largest absolute Gasteiger partial charge is 0.491 e. The Hall–Kier alpha value is -2.12. The van der Waals surface area contributed by atoms with E-state index in [2.05, 4.69) is 4.74 Å². The summed E-state index contributed by atoms with van der Waals surface area (Å²) in [7, 11) is 1.34. The van der Waals surface area contributed by atoms with Crippen molar-refractivity contribution < 1.29 is 29.6 Å². The molecule has 0 unspecified atom stereocenters. The van der Waals surface area contributed by atoms with Crippen LogP contribution >= 0.6 is 11.6 Å². The third-order valence-electron chi connectivity index (χ3n) is 4.99. The maximum atomic E-state index is 11.0. The number of aliphatic hydroxyl groups excluding tert-OH is 3. The summed E-state index contributed by atoms with van der Waals surface area (Å²) in [6.45, 7) is 0.0533. The Morgan fingerprint density at radius 1 is 1.27 bits per heavy atom. The fourth-order valence-electron chi connectivity index (χ4n) is 3.40. The summed E-state index contributed by atoms with van der Waals surface area (Å²) < 4.78 is 10.1. The Bertz CT molecular complexity index is 760. The van der Waals surface area contributed by atoms with Gasteiger partial charge in [-0.25, -0.2) is 0 Å². The van der Waals surface area contributed by atoms with Gasteiger partial charge in [-0.15, -0.1) is 0 Å². The van der Waals surface area contributed by atoms with E-state index < -0.39 is 18.3 Å². The van der Waals surface area contributed by atoms with Gasteiger partial charge in [-0.1, -0.05) is 54.1 Å². The lowest BCUT2D eigenvalue weighted by Gasteiger charge is -2.19. The fourth-order valence-corrected chi connectivity index (χ4v) is 3.58. The molecule has 0 bridgehead atoms. The molecule has 1 aromatic carbocycles. The number of carbonyl (C=O) groups excluding carboxylic acids is 1. The summed E-state index contributed by atoms with van der Waals surface area (Å²) in [5.74, 6) is -0.182. The van der Waals surface area contributed by atoms with E-state index >= 15 is 0 Å². The van der Waals surface area contributed by atoms with Crippen LogP contribution in [0.25, 0.3) is 0 Å². The molecule has 0 aliphatic heterocycles. The fraction of sp³-hybridized carbons (Fsp3) is 0.435. The van der Waals surface area contributed by atoms with E-state index in [-0.39, 0.29) is 30.8 Å². The molecule has 1 aromatic rings. The van der Waals surface area contributed by atoms with E-state index in [4.69, 9.17) is 16.3 Å². The zero-order valence-corrected chi connectivity index (χ0v) is 17.7. The second-order valence-electron chi connectivity index (χ2n) is 7.20. The van der Waals surface area contributed by atoms with Crippen molar-refractivity contribution in [3.63, 3.8) is 0 Å². The highest BCUT2D eigenvalue weighted by Gasteiger charge is 2.39. The van der Waals surface area contributed by atoms with Crippen LogP contribution in [0.3, 0.4) is 0 Å². The molecular formula is C23H29ClO6. The lowest BCUT2D eigenvalue weighted by molar-refractivity contribution is -0.139. The van der Waals surface area contributed by atoms with Gasteiger partial charge >= 0.3 is 5.97 Å². The van der Waals surface area contributed by atoms with E-state index in [1.807, 2.05) is 6.08 Å². The van der Waals surface area contributed by atoms with Crippen molar-refractivity contribution in [2.24, 2.45) is 11.8 Å². The van der Waals surface area contributed by atoms with Crippen LogP contribution in [0.15, 0.2) is 60.7 Å². The molecule has 0 saturated heterocycles. The van der Waals surface area contributed by atoms with Crippen LogP contribution in [-0.2, 0) is 9.53 Å². The number of carbonyl (C=O) groups is 1. The molecule has 7 heteroatoms. The Balaban J connectivity index is 1.86. The van der Waals surface area contributed by atoms with Gasteiger partial charge in [-0.05, 0) is 30.5 Å². The molecule has 0 amide bonds. The first-order valence-electron chi connectivity index (χ1n) is 9.90. The lowest BCUT2D eigenvalue weighted by Crippen LogP contribution is -2.21. The van der Waals surface area contributed by atoms with Gasteiger partial charge < -0.3 is 24.8 Å². The van der Waals surface area contributed by atoms with Gasteiger partial charge in [0.15, 0.2) is 0 Å². The van der Waals surface area contributed by atoms with Crippen molar-refractivity contribution in [2.45, 2.75) is 37.6 Å². The van der Waals surface area contributed by atoms with Gasteiger partial charge in [-0.2, -0.15) is 0 Å². The van der Waals surface area contributed by atoms with Crippen LogP contribution in [0.4, 0.5) is 0 Å². The molecule has 0 spiro atoms. The van der Waals surface area contributed by atoms with Crippen LogP contribution in [0.2, 0.25) is 5.02 Å². The normalized spacial score (nSPS) is 25.4. The SMILES string of the molecule is COC(=O)C/C=C/C=C\C[C@@H]1[C@@H](/C=C/[C@@H](O)COc2cccc(Cl)c2)[C@H](O)C[C@@H]1O. The number of rotatable bonds is 10. The van der Waals surface area contributed by atoms with Crippen LogP contribution in [0.5, 0.6) is 5.75 Å². The summed E-state index contributed by atoms with van der Waals surface area (Å²) in [4.78, 5) is 11.0. The van der Waals surface area contributed by atoms with Gasteiger partial charge in [0.2, 0.25) is 0 Å². The topological polar surface area (TPSA) is 96.2 Å². The first-order chi connectivity index (χ1) is 14.4. The standard InChI is InChI=1S/C23H29ClO6/c1-29-23(28)10-5-3-2-4-9-19-20(22(27)14-21(19)26)12-11-17(25)15-30-18-8-6-7-16(24)13-18/h2-8,11-13,17,19-22,25-27H,9-10,14-15H2,1H3/b4-2-,5-3+,12-11+/t17-,19-,20-,21+,22-/m1/s1. The number of methoxy groups -OCH3 is 1. The molecule has 3 N–H and O–H groups in total. The highest BCUT2D eigenvalue weighted by atomic mass is 35.5. The second kappa shape index (κ2) is 12.5. The molecular weight excluding hydrogens is 408 g/mol. The first kappa shape index (κ1) is 24.2. The number of esters is 1. The van der Waals surface area contributed by atoms with Crippen molar-refractivity contribution in [2.75, 3.05) is 13.7 Å². The summed E-state index contributed by atoms with van der Waals surface area (Å²) >= 11 is 5.91. The van der Waals surface area contributed by atoms with Gasteiger partial charge in [0.05, 0.1) is 25.7 Å². The van der Waals surface area contributed by atoms with E-state index in [9.17, 15) is 20.1 Å². The van der Waals surface area contributed by atoms with Crippen LogP contribution in [0, 0.1) is 11.8 Å². The molecule has 6 nitrogen and oxygen atoms in total. The average Bonchev–Trinajstić information content (AvgIpc) is 2.99. The highest BCUT2D eigenvalue weighted by Crippen LogP contribution is 2.36. The van der Waals surface area contributed by atoms with Crippen LogP contribution < -0.4 is 4.74 Å². The molecule has 1 aliphatic carbocycles. The predicted molar refractivity (Wildman–Crippen MR) is 115 cm³/mol. The van der Waals surface area contributed by atoms with Gasteiger partial charge in [0, 0.05) is 17.4 Å². The highest BCUT2D eigenvalue weighted by molar-refractivity contribution is 6.30. The van der Waals surface area contributed by atoms with Crippen LogP contribution in [-0.4, -0.2) is 53.3 Å². The first-order valence-corrected chi connectivity index (χ1v) is 10.3. The molecule has 1 fully saturated rings. The van der Waals surface area contributed by atoms with Crippen molar-refractivity contribution in [1.82, 2.24) is 0 Å². The number of allylic oxidation sites excluding steroid dienone is 3. The maximum Gasteiger partial charge on any atom is 0.309 e. The Kier molecular flexibility index (Phi) is 10.1. The molecule has 0 radical (unpaired) electrons. The summed E-state index contributed by atoms with van der Waals surface area (Å²) in [6.07, 6.45) is 9.36. The Labute approximate surface area is 182 Å². The Morgan fingerprint density at radius 3 is 2.77 bits per heavy atom. The average molecular weight is 437 g/mol. The molecule has 1 aliphatic rings. The zero-order valence-electron chi connectivity index (χ0n) is 16.9. The summed E-state index contributed by atoms with van der Waals surface area (Å²) in [5.41, 5.74) is 0. The number of aliphatic hydroxyl groups is 3. The minimum atomic E-state index is -0.855. The van der Waals surface area contributed by atoms with Crippen molar-refractivity contribution in [1.29, 1.82) is 0 Å². The van der Waals surface area contributed by atoms with Crippen molar-refractivity contribution in [3.05, 3.63) is 65.7 Å². The second-order valence-corrected chi connectivity index (χ2v) is 7.64. The molecule has 1 saturated carbocycles. The van der Waals surface area contributed by atoms with E-state index in [1.54, 1.807) is 54.6 Å². The summed E-state index contributed by atoms with van der Waals surface area (Å²) in [6, 6.07) is 6.92. The zero-order chi connectivity index (χ0) is 21.9. The minimum Gasteiger partial charge on any atom is -0.491 e. The van der Waals surface area contributed by atoms with E-state index in [0.717, 1.165) is 0 Å². The maximum absolute atomic E-state index is 11.0. The van der Waals surface area contributed by atoms with Gasteiger partial charge in [-0.3, -0.25) is 4.79 Å². The van der Waals surface area contributed by atoms with Gasteiger partial charge in [0.25, 0.3) is 0 Å². The molecule has 164 valence electrons. The number of hydrogen-bond acceptors (Lipinski definition) is 6. The Morgan fingerprint density at radius 2 is 2.03 bits per heavy atom. The van der Waals surface area contributed by atoms with Gasteiger partial charge in [0.1, 0.15) is 18.5 Å². The molecule has 0 aromatic heterocycles. The number of hydrogen-bond donors (Lipinski definition) is 3. The monoisotopic (exact) mass is 436 g/mol. The van der Waals surface area contributed by atoms with Crippen LogP contribution in [0.1, 0.15) is 19.3 Å². The number of benzene rings is 1. The van der Waals surface area contributed by atoms with E-state index in [0.29, 0.717) is 23.6 Å². The number of halogens is 1. The third kappa shape index (κ3) is 7.95. The smallest absolute Gasteiger partial charge is 0.309 e. The minimum absolute atomic E-state index is 0.0533. The molecule has 30 heavy (non-hydrogen) atoms. The quantitative estimate of drug-likeness (QED) is 0.296. The molecule has 0 heterocycles. The van der Waals surface area contributed by atoms with E-state index in [1.165, 1.54) is 7.11 Å². The molecule has 5 atom stereocenters. The molecule has 2 rings (SSSR count). The van der Waals surface area contributed by atoms with Crippen molar-refractivity contribution in [3.8, 4) is 5.75 Å².